The normalized spacial score (nSPS) is 9.17. The molecule has 0 saturated carbocycles. The van der Waals surface area contributed by atoms with Gasteiger partial charge in [0, 0.05) is 6.20 Å². The third-order valence-corrected chi connectivity index (χ3v) is 1.52. The van der Waals surface area contributed by atoms with E-state index in [-0.39, 0.29) is 0 Å². The van der Waals surface area contributed by atoms with E-state index in [1.54, 1.807) is 12.4 Å². The van der Waals surface area contributed by atoms with Crippen molar-refractivity contribution in [2.45, 2.75) is 13.8 Å². The molecule has 2 aromatic rings. The van der Waals surface area contributed by atoms with Crippen LogP contribution in [0, 0.1) is 4.77 Å². The molecule has 64 valence electrons. The molecular weight excluding hydrogens is 170 g/mol. The molecule has 0 bridgehead atoms. The van der Waals surface area contributed by atoms with Crippen LogP contribution in [0.2, 0.25) is 0 Å². The Morgan fingerprint density at radius 3 is 2.58 bits per heavy atom. The zero-order valence-corrected chi connectivity index (χ0v) is 7.90. The van der Waals surface area contributed by atoms with E-state index in [9.17, 15) is 0 Å². The highest BCUT2D eigenvalue weighted by Gasteiger charge is 1.91. The summed E-state index contributed by atoms with van der Waals surface area (Å²) in [5.74, 6) is 0. The number of hydrogen-bond acceptors (Lipinski definition) is 2. The molecule has 2 aromatic heterocycles. The zero-order chi connectivity index (χ0) is 8.97. The minimum absolute atomic E-state index is 0.642. The minimum atomic E-state index is 0.642. The first-order valence-corrected chi connectivity index (χ1v) is 4.29. The molecular formula is C8H11N3S. The molecule has 4 heteroatoms. The molecule has 0 radical (unpaired) electrons. The van der Waals surface area contributed by atoms with Gasteiger partial charge in [-0.15, -0.1) is 0 Å². The predicted octanol–water partition coefficient (Wildman–Crippen LogP) is 2.65. The average Bonchev–Trinajstić information content (AvgIpc) is 2.48. The fraction of sp³-hybridized carbons (Fsp3) is 0.250. The molecule has 0 spiro atoms. The highest BCUT2D eigenvalue weighted by atomic mass is 32.1. The topological polar surface area (TPSA) is 44.5 Å². The molecule has 0 aliphatic carbocycles. The Morgan fingerprint density at radius 1 is 1.25 bits per heavy atom. The van der Waals surface area contributed by atoms with Gasteiger partial charge < -0.3 is 9.97 Å². The Labute approximate surface area is 75.9 Å². The molecule has 0 aliphatic heterocycles. The summed E-state index contributed by atoms with van der Waals surface area (Å²) in [6.45, 7) is 4.00. The second-order valence-electron chi connectivity index (χ2n) is 2.00. The lowest BCUT2D eigenvalue weighted by atomic mass is 10.4. The summed E-state index contributed by atoms with van der Waals surface area (Å²) in [5, 5.41) is 0. The largest absolute Gasteiger partial charge is 0.331 e. The number of hydrogen-bond donors (Lipinski definition) is 2. The SMILES string of the molecule is CC.S=c1[nH]c2ccncc2[nH]1. The number of nitrogens with one attached hydrogen (secondary N) is 2. The number of aromatic amines is 2. The molecule has 2 heterocycles. The van der Waals surface area contributed by atoms with E-state index in [4.69, 9.17) is 12.2 Å². The molecule has 12 heavy (non-hydrogen) atoms. The van der Waals surface area contributed by atoms with Crippen LogP contribution in [0.5, 0.6) is 0 Å². The van der Waals surface area contributed by atoms with E-state index in [1.165, 1.54) is 0 Å². The van der Waals surface area contributed by atoms with Crippen LogP contribution >= 0.6 is 12.2 Å². The summed E-state index contributed by atoms with van der Waals surface area (Å²) in [6, 6.07) is 1.88. The molecule has 0 aliphatic rings. The summed E-state index contributed by atoms with van der Waals surface area (Å²) in [6.07, 6.45) is 3.46. The monoisotopic (exact) mass is 181 g/mol. The standard InChI is InChI=1S/C6H5N3S.C2H6/c10-6-8-4-1-2-7-3-5(4)9-6;1-2/h1-3H,(H2,8,9,10);1-2H3. The van der Waals surface area contributed by atoms with Crippen LogP contribution < -0.4 is 0 Å². The van der Waals surface area contributed by atoms with Crippen molar-refractivity contribution in [1.82, 2.24) is 15.0 Å². The number of rotatable bonds is 0. The second kappa shape index (κ2) is 4.01. The van der Waals surface area contributed by atoms with Gasteiger partial charge in [-0.1, -0.05) is 13.8 Å². The Balaban J connectivity index is 0.000000336. The lowest BCUT2D eigenvalue weighted by Crippen LogP contribution is -1.69. The lowest BCUT2D eigenvalue weighted by molar-refractivity contribution is 1.29. The van der Waals surface area contributed by atoms with Crippen LogP contribution in [0.3, 0.4) is 0 Å². The number of nitrogens with zero attached hydrogens (tertiary/aromatic N) is 1. The summed E-state index contributed by atoms with van der Waals surface area (Å²) >= 11 is 4.87. The van der Waals surface area contributed by atoms with Gasteiger partial charge in [-0.05, 0) is 18.3 Å². The maximum absolute atomic E-state index is 4.87. The Kier molecular flexibility index (Phi) is 2.99. The van der Waals surface area contributed by atoms with E-state index in [1.807, 2.05) is 19.9 Å². The highest BCUT2D eigenvalue weighted by molar-refractivity contribution is 7.71. The van der Waals surface area contributed by atoms with Crippen molar-refractivity contribution in [3.63, 3.8) is 0 Å². The molecule has 0 saturated heterocycles. The molecule has 0 fully saturated rings. The first-order valence-electron chi connectivity index (χ1n) is 3.88. The van der Waals surface area contributed by atoms with Crippen LogP contribution in [0.15, 0.2) is 18.5 Å². The zero-order valence-electron chi connectivity index (χ0n) is 7.09. The second-order valence-corrected chi connectivity index (χ2v) is 2.41. The molecule has 0 aromatic carbocycles. The van der Waals surface area contributed by atoms with E-state index >= 15 is 0 Å². The van der Waals surface area contributed by atoms with Crippen LogP contribution in [0.1, 0.15) is 13.8 Å². The minimum Gasteiger partial charge on any atom is -0.331 e. The highest BCUT2D eigenvalue weighted by Crippen LogP contribution is 2.04. The third-order valence-electron chi connectivity index (χ3n) is 1.32. The average molecular weight is 181 g/mol. The first kappa shape index (κ1) is 8.93. The van der Waals surface area contributed by atoms with Crippen LogP contribution in [0.25, 0.3) is 11.0 Å². The Bertz CT molecular complexity index is 366. The number of imidazole rings is 1. The quantitative estimate of drug-likeness (QED) is 0.614. The van der Waals surface area contributed by atoms with Gasteiger partial charge in [0.05, 0.1) is 17.2 Å². The van der Waals surface area contributed by atoms with E-state index in [2.05, 4.69) is 15.0 Å². The van der Waals surface area contributed by atoms with Gasteiger partial charge in [-0.25, -0.2) is 0 Å². The van der Waals surface area contributed by atoms with Crippen LogP contribution in [0.4, 0.5) is 0 Å². The van der Waals surface area contributed by atoms with Gasteiger partial charge in [0.1, 0.15) is 0 Å². The number of aromatic nitrogens is 3. The molecule has 0 atom stereocenters. The summed E-state index contributed by atoms with van der Waals surface area (Å²) in [7, 11) is 0. The van der Waals surface area contributed by atoms with Crippen molar-refractivity contribution in [2.24, 2.45) is 0 Å². The van der Waals surface area contributed by atoms with Crippen LogP contribution in [-0.4, -0.2) is 15.0 Å². The molecule has 2 rings (SSSR count). The smallest absolute Gasteiger partial charge is 0.175 e. The maximum atomic E-state index is 4.87. The van der Waals surface area contributed by atoms with Gasteiger partial charge in [-0.3, -0.25) is 4.98 Å². The van der Waals surface area contributed by atoms with Gasteiger partial charge in [0.25, 0.3) is 0 Å². The van der Waals surface area contributed by atoms with E-state index in [0.717, 1.165) is 11.0 Å². The molecule has 3 nitrogen and oxygen atoms in total. The van der Waals surface area contributed by atoms with Gasteiger partial charge in [0.2, 0.25) is 0 Å². The molecule has 2 N–H and O–H groups in total. The summed E-state index contributed by atoms with van der Waals surface area (Å²) in [5.41, 5.74) is 1.95. The van der Waals surface area contributed by atoms with E-state index in [0.29, 0.717) is 4.77 Å². The van der Waals surface area contributed by atoms with Gasteiger partial charge in [-0.2, -0.15) is 0 Å². The van der Waals surface area contributed by atoms with Crippen molar-refractivity contribution in [2.75, 3.05) is 0 Å². The summed E-state index contributed by atoms with van der Waals surface area (Å²) in [4.78, 5) is 9.86. The molecule has 0 unspecified atom stereocenters. The first-order chi connectivity index (χ1) is 5.86. The number of H-pyrrole nitrogens is 2. The number of fused-ring (bicyclic) bond motifs is 1. The van der Waals surface area contributed by atoms with Crippen molar-refractivity contribution in [3.8, 4) is 0 Å². The van der Waals surface area contributed by atoms with Gasteiger partial charge in [0.15, 0.2) is 4.77 Å². The lowest BCUT2D eigenvalue weighted by Gasteiger charge is -1.81. The maximum Gasteiger partial charge on any atom is 0.175 e. The number of pyridine rings is 1. The van der Waals surface area contributed by atoms with Crippen molar-refractivity contribution < 1.29 is 0 Å². The van der Waals surface area contributed by atoms with Crippen LogP contribution in [-0.2, 0) is 0 Å². The van der Waals surface area contributed by atoms with E-state index < -0.39 is 0 Å². The third kappa shape index (κ3) is 1.71. The van der Waals surface area contributed by atoms with Gasteiger partial charge >= 0.3 is 0 Å². The van der Waals surface area contributed by atoms with Crippen molar-refractivity contribution in [3.05, 3.63) is 23.2 Å². The van der Waals surface area contributed by atoms with Crippen molar-refractivity contribution in [1.29, 1.82) is 0 Å². The predicted molar refractivity (Wildman–Crippen MR) is 52.6 cm³/mol. The Hall–Kier alpha value is -1.16. The summed E-state index contributed by atoms with van der Waals surface area (Å²) < 4.78 is 0.642. The van der Waals surface area contributed by atoms with Crippen molar-refractivity contribution >= 4 is 23.3 Å². The Morgan fingerprint density at radius 2 is 1.92 bits per heavy atom. The fourth-order valence-electron chi connectivity index (χ4n) is 0.879. The molecule has 0 amide bonds. The fourth-order valence-corrected chi connectivity index (χ4v) is 1.10.